The predicted molar refractivity (Wildman–Crippen MR) is 52.9 cm³/mol. The third-order valence-electron chi connectivity index (χ3n) is 2.61. The molecule has 0 spiro atoms. The second kappa shape index (κ2) is 3.30. The first kappa shape index (κ1) is 9.57. The molecule has 15 heavy (non-hydrogen) atoms. The van der Waals surface area contributed by atoms with E-state index in [9.17, 15) is 9.59 Å². The van der Waals surface area contributed by atoms with Gasteiger partial charge in [-0.05, 0) is 6.07 Å². The van der Waals surface area contributed by atoms with Crippen molar-refractivity contribution < 1.29 is 9.59 Å². The fourth-order valence-corrected chi connectivity index (χ4v) is 1.79. The number of carbonyl (C=O) groups is 2. The van der Waals surface area contributed by atoms with Crippen LogP contribution in [-0.2, 0) is 13.1 Å². The van der Waals surface area contributed by atoms with E-state index in [1.54, 1.807) is 12.3 Å². The smallest absolute Gasteiger partial charge is 0.315 e. The Hall–Kier alpha value is -1.98. The number of nitrogens with zero attached hydrogens (tertiary/aromatic N) is 2. The lowest BCUT2D eigenvalue weighted by Gasteiger charge is -2.27. The van der Waals surface area contributed by atoms with Gasteiger partial charge in [-0.1, -0.05) is 0 Å². The summed E-state index contributed by atoms with van der Waals surface area (Å²) in [5.74, 6) is -0.477. The van der Waals surface area contributed by atoms with Crippen molar-refractivity contribution >= 4 is 11.9 Å². The summed E-state index contributed by atoms with van der Waals surface area (Å²) < 4.78 is 1.92. The Kier molecular flexibility index (Phi) is 2.11. The second-order valence-corrected chi connectivity index (χ2v) is 3.49. The maximum absolute atomic E-state index is 11.1. The molecule has 6 nitrogen and oxygen atoms in total. The molecule has 80 valence electrons. The first-order valence-corrected chi connectivity index (χ1v) is 4.62. The Labute approximate surface area is 86.4 Å². The van der Waals surface area contributed by atoms with E-state index in [2.05, 4.69) is 0 Å². The van der Waals surface area contributed by atoms with Gasteiger partial charge in [-0.15, -0.1) is 0 Å². The highest BCUT2D eigenvalue weighted by Crippen LogP contribution is 2.17. The van der Waals surface area contributed by atoms with Crippen LogP contribution in [0.15, 0.2) is 12.3 Å². The van der Waals surface area contributed by atoms with Crippen molar-refractivity contribution in [3.63, 3.8) is 0 Å². The van der Waals surface area contributed by atoms with E-state index in [1.165, 1.54) is 4.90 Å². The molecule has 0 saturated heterocycles. The van der Waals surface area contributed by atoms with Gasteiger partial charge >= 0.3 is 6.03 Å². The zero-order valence-corrected chi connectivity index (χ0v) is 8.14. The van der Waals surface area contributed by atoms with Crippen LogP contribution in [0.25, 0.3) is 0 Å². The van der Waals surface area contributed by atoms with Crippen LogP contribution in [0.3, 0.4) is 0 Å². The minimum Gasteiger partial charge on any atom is -0.366 e. The lowest BCUT2D eigenvalue weighted by Crippen LogP contribution is -2.41. The molecule has 1 aliphatic heterocycles. The number of amides is 3. The molecular formula is C9H12N4O2. The van der Waals surface area contributed by atoms with Gasteiger partial charge in [0.15, 0.2) is 0 Å². The van der Waals surface area contributed by atoms with Crippen LogP contribution in [0.2, 0.25) is 0 Å². The molecule has 2 heterocycles. The molecule has 0 bridgehead atoms. The molecule has 1 aromatic heterocycles. The van der Waals surface area contributed by atoms with Gasteiger partial charge < -0.3 is 20.9 Å². The van der Waals surface area contributed by atoms with Gasteiger partial charge in [0.2, 0.25) is 0 Å². The van der Waals surface area contributed by atoms with Crippen molar-refractivity contribution in [3.05, 3.63) is 23.5 Å². The second-order valence-electron chi connectivity index (χ2n) is 3.49. The van der Waals surface area contributed by atoms with Crippen LogP contribution in [0.4, 0.5) is 4.79 Å². The van der Waals surface area contributed by atoms with E-state index in [-0.39, 0.29) is 0 Å². The number of urea groups is 1. The Bertz CT molecular complexity index is 424. The third kappa shape index (κ3) is 1.54. The molecule has 0 aliphatic carbocycles. The summed E-state index contributed by atoms with van der Waals surface area (Å²) in [6.07, 6.45) is 1.80. The quantitative estimate of drug-likeness (QED) is 0.649. The third-order valence-corrected chi connectivity index (χ3v) is 2.61. The van der Waals surface area contributed by atoms with Crippen molar-refractivity contribution in [2.45, 2.75) is 13.1 Å². The van der Waals surface area contributed by atoms with Gasteiger partial charge in [0.1, 0.15) is 0 Å². The van der Waals surface area contributed by atoms with E-state index >= 15 is 0 Å². The van der Waals surface area contributed by atoms with Crippen molar-refractivity contribution in [2.75, 3.05) is 6.54 Å². The number of nitrogens with two attached hydrogens (primary N) is 2. The standard InChI is InChI=1S/C9H12N4O2/c10-8(14)6-1-2-12-3-4-13(9(11)15)5-7(6)12/h1-2H,3-5H2,(H2,10,14)(H2,11,15). The Morgan fingerprint density at radius 3 is 2.60 bits per heavy atom. The van der Waals surface area contributed by atoms with Gasteiger partial charge in [-0.3, -0.25) is 4.79 Å². The number of rotatable bonds is 1. The van der Waals surface area contributed by atoms with Crippen LogP contribution < -0.4 is 11.5 Å². The molecule has 1 aromatic rings. The molecule has 0 unspecified atom stereocenters. The number of aromatic nitrogens is 1. The highest BCUT2D eigenvalue weighted by molar-refractivity contribution is 5.94. The number of carbonyl (C=O) groups excluding carboxylic acids is 2. The average molecular weight is 208 g/mol. The molecule has 0 fully saturated rings. The van der Waals surface area contributed by atoms with Crippen LogP contribution in [0.5, 0.6) is 0 Å². The summed E-state index contributed by atoms with van der Waals surface area (Å²) in [4.78, 5) is 23.6. The summed E-state index contributed by atoms with van der Waals surface area (Å²) in [5, 5.41) is 0. The lowest BCUT2D eigenvalue weighted by molar-refractivity contribution is 0.0997. The highest BCUT2D eigenvalue weighted by atomic mass is 16.2. The maximum atomic E-state index is 11.1. The van der Waals surface area contributed by atoms with Crippen LogP contribution in [-0.4, -0.2) is 28.0 Å². The highest BCUT2D eigenvalue weighted by Gasteiger charge is 2.22. The maximum Gasteiger partial charge on any atom is 0.315 e. The molecule has 0 atom stereocenters. The molecule has 0 aromatic carbocycles. The summed E-state index contributed by atoms with van der Waals surface area (Å²) in [7, 11) is 0. The Morgan fingerprint density at radius 2 is 2.00 bits per heavy atom. The molecule has 4 N–H and O–H groups in total. The van der Waals surface area contributed by atoms with Crippen molar-refractivity contribution in [3.8, 4) is 0 Å². The number of hydrogen-bond acceptors (Lipinski definition) is 2. The first-order chi connectivity index (χ1) is 7.09. The number of fused-ring (bicyclic) bond motifs is 1. The fourth-order valence-electron chi connectivity index (χ4n) is 1.79. The number of primary amides is 2. The van der Waals surface area contributed by atoms with Gasteiger partial charge in [-0.2, -0.15) is 0 Å². The van der Waals surface area contributed by atoms with E-state index in [1.807, 2.05) is 4.57 Å². The van der Waals surface area contributed by atoms with Crippen LogP contribution in [0.1, 0.15) is 16.1 Å². The topological polar surface area (TPSA) is 94.3 Å². The summed E-state index contributed by atoms with van der Waals surface area (Å²) in [6, 6.07) is 1.19. The molecule has 3 amide bonds. The van der Waals surface area contributed by atoms with E-state index in [4.69, 9.17) is 11.5 Å². The fraction of sp³-hybridized carbons (Fsp3) is 0.333. The van der Waals surface area contributed by atoms with Gasteiger partial charge in [-0.25, -0.2) is 4.79 Å². The molecule has 0 radical (unpaired) electrons. The molecule has 1 aliphatic rings. The molecular weight excluding hydrogens is 196 g/mol. The summed E-state index contributed by atoms with van der Waals surface area (Å²) in [6.45, 7) is 1.56. The monoisotopic (exact) mass is 208 g/mol. The van der Waals surface area contributed by atoms with E-state index < -0.39 is 11.9 Å². The predicted octanol–water partition coefficient (Wildman–Crippen LogP) is -0.519. The minimum atomic E-state index is -0.477. The van der Waals surface area contributed by atoms with Crippen molar-refractivity contribution in [1.29, 1.82) is 0 Å². The molecule has 6 heteroatoms. The van der Waals surface area contributed by atoms with E-state index in [0.717, 1.165) is 5.69 Å². The molecule has 0 saturated carbocycles. The molecule has 2 rings (SSSR count). The van der Waals surface area contributed by atoms with Crippen molar-refractivity contribution in [1.82, 2.24) is 9.47 Å². The normalized spacial score (nSPS) is 14.8. The van der Waals surface area contributed by atoms with Gasteiger partial charge in [0.05, 0.1) is 17.8 Å². The largest absolute Gasteiger partial charge is 0.366 e. The minimum absolute atomic E-state index is 0.348. The van der Waals surface area contributed by atoms with Gasteiger partial charge in [0.25, 0.3) is 5.91 Å². The van der Waals surface area contributed by atoms with E-state index in [0.29, 0.717) is 25.2 Å². The SMILES string of the molecule is NC(=O)c1ccn2c1CN(C(N)=O)CC2. The van der Waals surface area contributed by atoms with Crippen molar-refractivity contribution in [2.24, 2.45) is 11.5 Å². The average Bonchev–Trinajstić information content (AvgIpc) is 2.59. The Balaban J connectivity index is 2.34. The summed E-state index contributed by atoms with van der Waals surface area (Å²) in [5.41, 5.74) is 11.6. The zero-order valence-electron chi connectivity index (χ0n) is 8.14. The first-order valence-electron chi connectivity index (χ1n) is 4.62. The zero-order chi connectivity index (χ0) is 11.0. The summed E-state index contributed by atoms with van der Waals surface area (Å²) >= 11 is 0. The van der Waals surface area contributed by atoms with Crippen LogP contribution >= 0.6 is 0 Å². The van der Waals surface area contributed by atoms with Crippen LogP contribution in [0, 0.1) is 0 Å². The Morgan fingerprint density at radius 1 is 1.27 bits per heavy atom. The number of hydrogen-bond donors (Lipinski definition) is 2. The van der Waals surface area contributed by atoms with Gasteiger partial charge in [0, 0.05) is 19.3 Å². The lowest BCUT2D eigenvalue weighted by atomic mass is 10.2.